The Balaban J connectivity index is 2.05. The first-order chi connectivity index (χ1) is 9.52. The van der Waals surface area contributed by atoms with Crippen molar-refractivity contribution in [3.05, 3.63) is 51.3 Å². The van der Waals surface area contributed by atoms with Gasteiger partial charge >= 0.3 is 0 Å². The summed E-state index contributed by atoms with van der Waals surface area (Å²) < 4.78 is 1.85. The van der Waals surface area contributed by atoms with Crippen molar-refractivity contribution in [2.24, 2.45) is 7.05 Å². The van der Waals surface area contributed by atoms with Gasteiger partial charge in [-0.15, -0.1) is 0 Å². The van der Waals surface area contributed by atoms with Crippen LogP contribution < -0.4 is 5.32 Å². The van der Waals surface area contributed by atoms with E-state index in [4.69, 9.17) is 23.2 Å². The lowest BCUT2D eigenvalue weighted by Crippen LogP contribution is -2.20. The maximum Gasteiger partial charge on any atom is 0.0863 e. The summed E-state index contributed by atoms with van der Waals surface area (Å²) in [5.74, 6) is 0. The number of aromatic nitrogens is 2. The lowest BCUT2D eigenvalue weighted by molar-refractivity contribution is 0.548. The second-order valence-corrected chi connectivity index (χ2v) is 5.65. The monoisotopic (exact) mass is 311 g/mol. The van der Waals surface area contributed by atoms with Crippen molar-refractivity contribution in [3.63, 3.8) is 0 Å². The topological polar surface area (TPSA) is 29.9 Å². The molecule has 20 heavy (non-hydrogen) atoms. The molecule has 1 heterocycles. The number of halogens is 2. The predicted octanol–water partition coefficient (Wildman–Crippen LogP) is 4.14. The van der Waals surface area contributed by atoms with Gasteiger partial charge in [0, 0.05) is 24.7 Å². The molecule has 1 aromatic carbocycles. The minimum atomic E-state index is 0.225. The lowest BCUT2D eigenvalue weighted by atomic mass is 10.1. The van der Waals surface area contributed by atoms with Crippen LogP contribution in [0.1, 0.15) is 36.8 Å². The molecule has 2 rings (SSSR count). The number of rotatable bonds is 5. The van der Waals surface area contributed by atoms with E-state index in [-0.39, 0.29) is 6.04 Å². The van der Waals surface area contributed by atoms with Crippen molar-refractivity contribution >= 4 is 23.2 Å². The highest BCUT2D eigenvalue weighted by Crippen LogP contribution is 2.22. The summed E-state index contributed by atoms with van der Waals surface area (Å²) in [6.45, 7) is 4.86. The van der Waals surface area contributed by atoms with Gasteiger partial charge in [-0.2, -0.15) is 5.10 Å². The fourth-order valence-electron chi connectivity index (χ4n) is 2.13. The molecule has 0 aliphatic carbocycles. The number of aryl methyl sites for hydroxylation is 2. The molecule has 1 aromatic heterocycles. The van der Waals surface area contributed by atoms with Crippen LogP contribution in [0.4, 0.5) is 0 Å². The van der Waals surface area contributed by atoms with Crippen LogP contribution in [0.5, 0.6) is 0 Å². The zero-order valence-corrected chi connectivity index (χ0v) is 13.5. The molecular formula is C15H19Cl2N3. The van der Waals surface area contributed by atoms with Gasteiger partial charge in [0.15, 0.2) is 0 Å². The molecule has 2 aromatic rings. The Morgan fingerprint density at radius 3 is 2.45 bits per heavy atom. The van der Waals surface area contributed by atoms with E-state index in [0.29, 0.717) is 6.54 Å². The normalized spacial score (nSPS) is 12.7. The number of nitrogens with one attached hydrogen (secondary N) is 1. The quantitative estimate of drug-likeness (QED) is 0.899. The summed E-state index contributed by atoms with van der Waals surface area (Å²) in [5.41, 5.74) is 3.16. The van der Waals surface area contributed by atoms with Crippen LogP contribution in [0.15, 0.2) is 24.3 Å². The van der Waals surface area contributed by atoms with Crippen molar-refractivity contribution < 1.29 is 0 Å². The van der Waals surface area contributed by atoms with Crippen LogP contribution >= 0.6 is 23.2 Å². The highest BCUT2D eigenvalue weighted by Gasteiger charge is 2.14. The minimum Gasteiger partial charge on any atom is -0.305 e. The molecule has 108 valence electrons. The third-order valence-corrected chi connectivity index (χ3v) is 4.14. The third kappa shape index (κ3) is 3.35. The van der Waals surface area contributed by atoms with Gasteiger partial charge in [0.05, 0.1) is 16.4 Å². The Bertz CT molecular complexity index is 576. The summed E-state index contributed by atoms with van der Waals surface area (Å²) in [7, 11) is 1.93. The molecule has 0 aliphatic rings. The average molecular weight is 312 g/mol. The average Bonchev–Trinajstić information content (AvgIpc) is 2.71. The fourth-order valence-corrected chi connectivity index (χ4v) is 2.62. The summed E-state index contributed by atoms with van der Waals surface area (Å²) in [6, 6.07) is 8.09. The Kier molecular flexibility index (Phi) is 5.08. The fraction of sp³-hybridized carbons (Fsp3) is 0.400. The maximum absolute atomic E-state index is 6.34. The molecule has 0 saturated heterocycles. The molecule has 0 amide bonds. The van der Waals surface area contributed by atoms with Crippen LogP contribution in [0, 0.1) is 0 Å². The second kappa shape index (κ2) is 6.61. The van der Waals surface area contributed by atoms with Crippen LogP contribution in [0.3, 0.4) is 0 Å². The summed E-state index contributed by atoms with van der Waals surface area (Å²) in [5, 5.41) is 9.41. The van der Waals surface area contributed by atoms with E-state index in [2.05, 4.69) is 24.3 Å². The largest absolute Gasteiger partial charge is 0.305 e. The number of hydrogen-bond donors (Lipinski definition) is 1. The van der Waals surface area contributed by atoms with Gasteiger partial charge in [-0.3, -0.25) is 4.68 Å². The van der Waals surface area contributed by atoms with E-state index in [0.717, 1.165) is 27.9 Å². The molecule has 0 radical (unpaired) electrons. The summed E-state index contributed by atoms with van der Waals surface area (Å²) in [6.07, 6.45) is 0.847. The molecule has 0 unspecified atom stereocenters. The zero-order valence-electron chi connectivity index (χ0n) is 12.0. The molecule has 0 aliphatic heterocycles. The molecule has 5 heteroatoms. The zero-order chi connectivity index (χ0) is 14.7. The van der Waals surface area contributed by atoms with Crippen molar-refractivity contribution in [1.82, 2.24) is 15.1 Å². The van der Waals surface area contributed by atoms with Gasteiger partial charge in [-0.1, -0.05) is 42.3 Å². The van der Waals surface area contributed by atoms with Gasteiger partial charge < -0.3 is 5.32 Å². The Hall–Kier alpha value is -1.03. The number of benzene rings is 1. The molecule has 0 bridgehead atoms. The summed E-state index contributed by atoms with van der Waals surface area (Å²) in [4.78, 5) is 0. The molecule has 0 saturated carbocycles. The minimum absolute atomic E-state index is 0.225. The van der Waals surface area contributed by atoms with Crippen LogP contribution in [0.2, 0.25) is 10.0 Å². The van der Waals surface area contributed by atoms with Gasteiger partial charge in [-0.25, -0.2) is 0 Å². The molecule has 3 nitrogen and oxygen atoms in total. The van der Waals surface area contributed by atoms with E-state index in [9.17, 15) is 0 Å². The Labute approximate surface area is 129 Å². The van der Waals surface area contributed by atoms with Crippen molar-refractivity contribution in [3.8, 4) is 0 Å². The third-order valence-electron chi connectivity index (χ3n) is 3.45. The van der Waals surface area contributed by atoms with Crippen molar-refractivity contribution in [2.45, 2.75) is 32.9 Å². The Morgan fingerprint density at radius 1 is 1.25 bits per heavy atom. The van der Waals surface area contributed by atoms with Crippen molar-refractivity contribution in [2.75, 3.05) is 0 Å². The van der Waals surface area contributed by atoms with E-state index in [1.54, 1.807) is 0 Å². The summed E-state index contributed by atoms with van der Waals surface area (Å²) >= 11 is 12.2. The molecule has 0 spiro atoms. The number of hydrogen-bond acceptors (Lipinski definition) is 2. The van der Waals surface area contributed by atoms with Crippen molar-refractivity contribution in [1.29, 1.82) is 0 Å². The van der Waals surface area contributed by atoms with Crippen LogP contribution in [-0.2, 0) is 20.0 Å². The molecule has 0 fully saturated rings. The first-order valence-electron chi connectivity index (χ1n) is 6.72. The second-order valence-electron chi connectivity index (χ2n) is 4.84. The lowest BCUT2D eigenvalue weighted by Gasteiger charge is -2.14. The predicted molar refractivity (Wildman–Crippen MR) is 84.3 cm³/mol. The first kappa shape index (κ1) is 15.4. The highest BCUT2D eigenvalue weighted by molar-refractivity contribution is 6.32. The number of nitrogens with zero attached hydrogens (tertiary/aromatic N) is 2. The van der Waals surface area contributed by atoms with Gasteiger partial charge in [0.2, 0.25) is 0 Å². The molecule has 1 N–H and O–H groups in total. The van der Waals surface area contributed by atoms with Gasteiger partial charge in [-0.05, 0) is 31.0 Å². The maximum atomic E-state index is 6.34. The van der Waals surface area contributed by atoms with E-state index in [1.807, 2.05) is 36.0 Å². The van der Waals surface area contributed by atoms with Gasteiger partial charge in [0.25, 0.3) is 0 Å². The van der Waals surface area contributed by atoms with Gasteiger partial charge in [0.1, 0.15) is 0 Å². The highest BCUT2D eigenvalue weighted by atomic mass is 35.5. The van der Waals surface area contributed by atoms with Crippen LogP contribution in [-0.4, -0.2) is 9.78 Å². The van der Waals surface area contributed by atoms with Crippen LogP contribution in [0.25, 0.3) is 0 Å². The SMILES string of the molecule is CCc1nn(C)c(CN[C@H](C)c2ccc(Cl)cc2)c1Cl. The smallest absolute Gasteiger partial charge is 0.0863 e. The standard InChI is InChI=1S/C15H19Cl2N3/c1-4-13-15(17)14(20(3)19-13)9-18-10(2)11-5-7-12(16)8-6-11/h5-8,10,18H,4,9H2,1-3H3/t10-/m1/s1. The van der Waals surface area contributed by atoms with E-state index >= 15 is 0 Å². The molecular weight excluding hydrogens is 293 g/mol. The Morgan fingerprint density at radius 2 is 1.90 bits per heavy atom. The first-order valence-corrected chi connectivity index (χ1v) is 7.47. The molecule has 1 atom stereocenters. The van der Waals surface area contributed by atoms with E-state index in [1.165, 1.54) is 5.56 Å². The van der Waals surface area contributed by atoms with E-state index < -0.39 is 0 Å².